The highest BCUT2D eigenvalue weighted by Gasteiger charge is 2.22. The minimum atomic E-state index is -0.114. The molecular formula is C19H21N3O3S. The van der Waals surface area contributed by atoms with Crippen molar-refractivity contribution < 1.29 is 14.3 Å². The van der Waals surface area contributed by atoms with E-state index in [0.29, 0.717) is 23.1 Å². The third kappa shape index (κ3) is 4.40. The lowest BCUT2D eigenvalue weighted by atomic mass is 10.0. The highest BCUT2D eigenvalue weighted by Crippen LogP contribution is 2.33. The van der Waals surface area contributed by atoms with Crippen LogP contribution in [0.5, 0.6) is 5.75 Å². The first-order chi connectivity index (χ1) is 12.6. The molecule has 1 atom stereocenters. The number of hydrogen-bond acceptors (Lipinski definition) is 6. The Hall–Kier alpha value is -2.43. The van der Waals surface area contributed by atoms with E-state index in [1.165, 1.54) is 11.3 Å². The van der Waals surface area contributed by atoms with Gasteiger partial charge in [-0.2, -0.15) is 5.26 Å². The quantitative estimate of drug-likeness (QED) is 0.863. The molecule has 1 aromatic carbocycles. The zero-order valence-electron chi connectivity index (χ0n) is 14.8. The SMILES string of the molecule is CC(C)Oc1cc(-c2cnc(NC(=O)[C@H]3CCCOC3)s2)ccc1C#N. The normalized spacial score (nSPS) is 16.9. The van der Waals surface area contributed by atoms with Crippen LogP contribution in [0.3, 0.4) is 0 Å². The van der Waals surface area contributed by atoms with E-state index < -0.39 is 0 Å². The topological polar surface area (TPSA) is 84.2 Å². The van der Waals surface area contributed by atoms with Crippen LogP contribution in [0.25, 0.3) is 10.4 Å². The minimum absolute atomic E-state index is 0.0219. The zero-order chi connectivity index (χ0) is 18.5. The number of nitriles is 1. The number of amides is 1. The molecule has 1 aromatic heterocycles. The Morgan fingerprint density at radius 3 is 3.04 bits per heavy atom. The number of anilines is 1. The Bertz CT molecular complexity index is 820. The van der Waals surface area contributed by atoms with Gasteiger partial charge in [0.05, 0.1) is 29.1 Å². The second kappa shape index (κ2) is 8.30. The second-order valence-electron chi connectivity index (χ2n) is 6.42. The molecule has 1 aliphatic heterocycles. The highest BCUT2D eigenvalue weighted by molar-refractivity contribution is 7.19. The number of aromatic nitrogens is 1. The number of nitrogens with one attached hydrogen (secondary N) is 1. The van der Waals surface area contributed by atoms with Crippen molar-refractivity contribution in [3.05, 3.63) is 30.0 Å². The molecule has 7 heteroatoms. The summed E-state index contributed by atoms with van der Waals surface area (Å²) in [6, 6.07) is 7.58. The summed E-state index contributed by atoms with van der Waals surface area (Å²) in [5.41, 5.74) is 1.40. The number of carbonyl (C=O) groups is 1. The maximum Gasteiger partial charge on any atom is 0.231 e. The van der Waals surface area contributed by atoms with E-state index >= 15 is 0 Å². The average Bonchev–Trinajstić information content (AvgIpc) is 3.10. The van der Waals surface area contributed by atoms with Gasteiger partial charge in [-0.15, -0.1) is 0 Å². The molecule has 2 heterocycles. The van der Waals surface area contributed by atoms with Crippen LogP contribution < -0.4 is 10.1 Å². The molecule has 2 aromatic rings. The van der Waals surface area contributed by atoms with Gasteiger partial charge in [0.15, 0.2) is 5.13 Å². The number of rotatable bonds is 5. The first kappa shape index (κ1) is 18.4. The van der Waals surface area contributed by atoms with E-state index in [1.807, 2.05) is 26.0 Å². The Balaban J connectivity index is 1.75. The molecule has 0 spiro atoms. The molecule has 0 bridgehead atoms. The lowest BCUT2D eigenvalue weighted by Crippen LogP contribution is -2.30. The molecule has 1 N–H and O–H groups in total. The maximum atomic E-state index is 12.3. The fourth-order valence-electron chi connectivity index (χ4n) is 2.74. The van der Waals surface area contributed by atoms with Crippen LogP contribution in [0.1, 0.15) is 32.3 Å². The predicted molar refractivity (Wildman–Crippen MR) is 100 cm³/mol. The average molecular weight is 371 g/mol. The molecule has 3 rings (SSSR count). The Morgan fingerprint density at radius 1 is 1.50 bits per heavy atom. The molecule has 0 saturated carbocycles. The van der Waals surface area contributed by atoms with Crippen LogP contribution in [0, 0.1) is 17.2 Å². The Labute approximate surface area is 156 Å². The van der Waals surface area contributed by atoms with Crippen molar-refractivity contribution in [1.82, 2.24) is 4.98 Å². The molecule has 1 aliphatic rings. The Kier molecular flexibility index (Phi) is 5.86. The maximum absolute atomic E-state index is 12.3. The van der Waals surface area contributed by atoms with Gasteiger partial charge in [-0.05, 0) is 44.4 Å². The van der Waals surface area contributed by atoms with Gasteiger partial charge in [-0.3, -0.25) is 4.79 Å². The fraction of sp³-hybridized carbons (Fsp3) is 0.421. The molecule has 1 saturated heterocycles. The number of nitrogens with zero attached hydrogens (tertiary/aromatic N) is 2. The lowest BCUT2D eigenvalue weighted by Gasteiger charge is -2.20. The minimum Gasteiger partial charge on any atom is -0.490 e. The van der Waals surface area contributed by atoms with E-state index in [9.17, 15) is 10.1 Å². The molecule has 26 heavy (non-hydrogen) atoms. The van der Waals surface area contributed by atoms with Crippen LogP contribution in [-0.4, -0.2) is 30.2 Å². The first-order valence-corrected chi connectivity index (χ1v) is 9.44. The van der Waals surface area contributed by atoms with Crippen molar-refractivity contribution in [2.45, 2.75) is 32.8 Å². The highest BCUT2D eigenvalue weighted by atomic mass is 32.1. The summed E-state index contributed by atoms with van der Waals surface area (Å²) in [6.45, 7) is 5.03. The standard InChI is InChI=1S/C19H21N3O3S/c1-12(2)25-16-8-13(5-6-14(16)9-20)17-10-21-19(26-17)22-18(23)15-4-3-7-24-11-15/h5-6,8,10,12,15H,3-4,7,11H2,1-2H3,(H,21,22,23)/t15-/m0/s1. The summed E-state index contributed by atoms with van der Waals surface area (Å²) in [5, 5.41) is 12.7. The van der Waals surface area contributed by atoms with Crippen molar-refractivity contribution in [2.24, 2.45) is 5.92 Å². The number of ether oxygens (including phenoxy) is 2. The number of carbonyl (C=O) groups excluding carboxylic acids is 1. The van der Waals surface area contributed by atoms with E-state index in [4.69, 9.17) is 9.47 Å². The van der Waals surface area contributed by atoms with Crippen LogP contribution in [0.4, 0.5) is 5.13 Å². The summed E-state index contributed by atoms with van der Waals surface area (Å²) in [4.78, 5) is 17.5. The number of benzene rings is 1. The van der Waals surface area contributed by atoms with Crippen molar-refractivity contribution in [3.8, 4) is 22.3 Å². The third-order valence-electron chi connectivity index (χ3n) is 4.02. The second-order valence-corrected chi connectivity index (χ2v) is 7.45. The fourth-order valence-corrected chi connectivity index (χ4v) is 3.56. The molecule has 136 valence electrons. The summed E-state index contributed by atoms with van der Waals surface area (Å²) in [5.74, 6) is 0.393. The van der Waals surface area contributed by atoms with Crippen molar-refractivity contribution in [1.29, 1.82) is 5.26 Å². The van der Waals surface area contributed by atoms with Gasteiger partial charge < -0.3 is 14.8 Å². The first-order valence-electron chi connectivity index (χ1n) is 8.62. The van der Waals surface area contributed by atoms with Gasteiger partial charge in [0.2, 0.25) is 5.91 Å². The monoisotopic (exact) mass is 371 g/mol. The van der Waals surface area contributed by atoms with E-state index in [2.05, 4.69) is 16.4 Å². The molecule has 0 unspecified atom stereocenters. The van der Waals surface area contributed by atoms with Gasteiger partial charge in [-0.25, -0.2) is 4.98 Å². The van der Waals surface area contributed by atoms with Gasteiger partial charge >= 0.3 is 0 Å². The molecular weight excluding hydrogens is 350 g/mol. The summed E-state index contributed by atoms with van der Waals surface area (Å²) in [7, 11) is 0. The van der Waals surface area contributed by atoms with Gasteiger partial charge in [0, 0.05) is 12.8 Å². The molecule has 0 radical (unpaired) electrons. The van der Waals surface area contributed by atoms with Crippen LogP contribution in [0.2, 0.25) is 0 Å². The van der Waals surface area contributed by atoms with Crippen LogP contribution in [0.15, 0.2) is 24.4 Å². The smallest absolute Gasteiger partial charge is 0.231 e. The van der Waals surface area contributed by atoms with E-state index in [0.717, 1.165) is 29.9 Å². The predicted octanol–water partition coefficient (Wildman–Crippen LogP) is 3.83. The van der Waals surface area contributed by atoms with E-state index in [1.54, 1.807) is 12.3 Å². The van der Waals surface area contributed by atoms with Crippen LogP contribution >= 0.6 is 11.3 Å². The van der Waals surface area contributed by atoms with Crippen molar-refractivity contribution in [2.75, 3.05) is 18.5 Å². The summed E-state index contributed by atoms with van der Waals surface area (Å²) in [6.07, 6.45) is 3.45. The largest absolute Gasteiger partial charge is 0.490 e. The molecule has 0 aliphatic carbocycles. The van der Waals surface area contributed by atoms with Gasteiger partial charge in [0.1, 0.15) is 11.8 Å². The molecule has 6 nitrogen and oxygen atoms in total. The third-order valence-corrected chi connectivity index (χ3v) is 4.98. The molecule has 1 amide bonds. The lowest BCUT2D eigenvalue weighted by molar-refractivity contribution is -0.123. The van der Waals surface area contributed by atoms with Crippen molar-refractivity contribution >= 4 is 22.4 Å². The summed E-state index contributed by atoms with van der Waals surface area (Å²) >= 11 is 1.40. The Morgan fingerprint density at radius 2 is 2.35 bits per heavy atom. The van der Waals surface area contributed by atoms with Gasteiger partial charge in [-0.1, -0.05) is 17.4 Å². The molecule has 1 fully saturated rings. The number of thiazole rings is 1. The zero-order valence-corrected chi connectivity index (χ0v) is 15.6. The van der Waals surface area contributed by atoms with Crippen molar-refractivity contribution in [3.63, 3.8) is 0 Å². The van der Waals surface area contributed by atoms with Crippen LogP contribution in [-0.2, 0) is 9.53 Å². The summed E-state index contributed by atoms with van der Waals surface area (Å²) < 4.78 is 11.1. The van der Waals surface area contributed by atoms with Gasteiger partial charge in [0.25, 0.3) is 0 Å². The van der Waals surface area contributed by atoms with E-state index in [-0.39, 0.29) is 17.9 Å². The number of hydrogen-bond donors (Lipinski definition) is 1.